The number of carbonyl (C=O) groups is 3. The van der Waals surface area contributed by atoms with E-state index in [0.29, 0.717) is 13.1 Å². The van der Waals surface area contributed by atoms with Crippen LogP contribution in [-0.4, -0.2) is 41.8 Å². The van der Waals surface area contributed by atoms with Gasteiger partial charge in [0, 0.05) is 25.7 Å². The molecule has 1 aromatic rings. The van der Waals surface area contributed by atoms with Gasteiger partial charge in [0.25, 0.3) is 0 Å². The van der Waals surface area contributed by atoms with E-state index in [-0.39, 0.29) is 29.6 Å². The maximum Gasteiger partial charge on any atom is 0.245 e. The summed E-state index contributed by atoms with van der Waals surface area (Å²) in [6, 6.07) is 8.92. The molecule has 0 bridgehead atoms. The SMILES string of the molecule is CC(=O)NC(C(=O)N1CCCC(C(=O)Nc2ccccc2)C1)C1CCCC1. The van der Waals surface area contributed by atoms with E-state index in [2.05, 4.69) is 10.6 Å². The Morgan fingerprint density at radius 2 is 1.74 bits per heavy atom. The van der Waals surface area contributed by atoms with Crippen molar-refractivity contribution in [1.29, 1.82) is 0 Å². The minimum atomic E-state index is -0.457. The van der Waals surface area contributed by atoms with Crippen LogP contribution < -0.4 is 10.6 Å². The van der Waals surface area contributed by atoms with Gasteiger partial charge < -0.3 is 15.5 Å². The molecule has 1 heterocycles. The minimum absolute atomic E-state index is 0.0330. The molecular formula is C21H29N3O3. The predicted octanol–water partition coefficient (Wildman–Crippen LogP) is 2.56. The number of amides is 3. The van der Waals surface area contributed by atoms with Gasteiger partial charge in [-0.1, -0.05) is 31.0 Å². The van der Waals surface area contributed by atoms with Crippen molar-refractivity contribution in [3.63, 3.8) is 0 Å². The quantitative estimate of drug-likeness (QED) is 0.835. The number of nitrogens with one attached hydrogen (secondary N) is 2. The number of likely N-dealkylation sites (tertiary alicyclic amines) is 1. The number of rotatable bonds is 5. The third kappa shape index (κ3) is 5.08. The van der Waals surface area contributed by atoms with E-state index in [1.165, 1.54) is 6.92 Å². The Kier molecular flexibility index (Phi) is 6.48. The average Bonchev–Trinajstić information content (AvgIpc) is 3.21. The number of para-hydroxylation sites is 1. The van der Waals surface area contributed by atoms with Crippen molar-refractivity contribution in [2.24, 2.45) is 11.8 Å². The van der Waals surface area contributed by atoms with Gasteiger partial charge >= 0.3 is 0 Å². The van der Waals surface area contributed by atoms with Crippen LogP contribution in [0.15, 0.2) is 30.3 Å². The molecule has 1 aromatic carbocycles. The molecule has 1 aliphatic carbocycles. The van der Waals surface area contributed by atoms with Crippen molar-refractivity contribution in [2.75, 3.05) is 18.4 Å². The summed E-state index contributed by atoms with van der Waals surface area (Å²) in [6.07, 6.45) is 5.74. The zero-order valence-electron chi connectivity index (χ0n) is 15.9. The lowest BCUT2D eigenvalue weighted by Gasteiger charge is -2.36. The maximum atomic E-state index is 13.1. The lowest BCUT2D eigenvalue weighted by atomic mass is 9.93. The second kappa shape index (κ2) is 9.02. The number of benzene rings is 1. The van der Waals surface area contributed by atoms with Crippen LogP contribution in [0.25, 0.3) is 0 Å². The highest BCUT2D eigenvalue weighted by Crippen LogP contribution is 2.29. The highest BCUT2D eigenvalue weighted by Gasteiger charge is 2.37. The first-order valence-corrected chi connectivity index (χ1v) is 9.96. The van der Waals surface area contributed by atoms with Crippen molar-refractivity contribution in [3.8, 4) is 0 Å². The summed E-state index contributed by atoms with van der Waals surface area (Å²) in [6.45, 7) is 2.53. The molecule has 2 aliphatic rings. The van der Waals surface area contributed by atoms with Crippen LogP contribution in [0.2, 0.25) is 0 Å². The van der Waals surface area contributed by atoms with Gasteiger partial charge in [-0.3, -0.25) is 14.4 Å². The molecule has 6 nitrogen and oxygen atoms in total. The normalized spacial score (nSPS) is 21.5. The first-order valence-electron chi connectivity index (χ1n) is 9.96. The van der Waals surface area contributed by atoms with Crippen LogP contribution in [0.5, 0.6) is 0 Å². The number of piperidine rings is 1. The van der Waals surface area contributed by atoms with Crippen molar-refractivity contribution in [3.05, 3.63) is 30.3 Å². The van der Waals surface area contributed by atoms with Crippen LogP contribution in [0.4, 0.5) is 5.69 Å². The van der Waals surface area contributed by atoms with E-state index in [0.717, 1.165) is 44.2 Å². The average molecular weight is 371 g/mol. The molecule has 6 heteroatoms. The largest absolute Gasteiger partial charge is 0.344 e. The zero-order valence-corrected chi connectivity index (χ0v) is 15.9. The summed E-state index contributed by atoms with van der Waals surface area (Å²) in [5.74, 6) is -0.259. The van der Waals surface area contributed by atoms with E-state index < -0.39 is 6.04 Å². The van der Waals surface area contributed by atoms with Gasteiger partial charge in [-0.25, -0.2) is 0 Å². The van der Waals surface area contributed by atoms with E-state index in [1.807, 2.05) is 30.3 Å². The standard InChI is InChI=1S/C21H29N3O3/c1-15(25)22-19(16-8-5-6-9-16)21(27)24-13-7-10-17(14-24)20(26)23-18-11-3-2-4-12-18/h2-4,11-12,16-17,19H,5-10,13-14H2,1H3,(H,22,25)(H,23,26). The van der Waals surface area contributed by atoms with Crippen LogP contribution >= 0.6 is 0 Å². The molecule has 0 radical (unpaired) electrons. The lowest BCUT2D eigenvalue weighted by Crippen LogP contribution is -2.54. The van der Waals surface area contributed by atoms with Gasteiger partial charge in [-0.15, -0.1) is 0 Å². The number of hydrogen-bond acceptors (Lipinski definition) is 3. The van der Waals surface area contributed by atoms with Gasteiger partial charge in [-0.05, 0) is 43.7 Å². The topological polar surface area (TPSA) is 78.5 Å². The Labute approximate surface area is 160 Å². The third-order valence-corrected chi connectivity index (χ3v) is 5.64. The molecule has 0 spiro atoms. The van der Waals surface area contributed by atoms with E-state index in [9.17, 15) is 14.4 Å². The molecule has 2 unspecified atom stereocenters. The van der Waals surface area contributed by atoms with Gasteiger partial charge in [0.2, 0.25) is 17.7 Å². The second-order valence-corrected chi connectivity index (χ2v) is 7.70. The number of nitrogens with zero attached hydrogens (tertiary/aromatic N) is 1. The fourth-order valence-electron chi connectivity index (χ4n) is 4.24. The third-order valence-electron chi connectivity index (χ3n) is 5.64. The van der Waals surface area contributed by atoms with Gasteiger partial charge in [0.05, 0.1) is 5.92 Å². The highest BCUT2D eigenvalue weighted by molar-refractivity contribution is 5.93. The van der Waals surface area contributed by atoms with Crippen LogP contribution in [0.1, 0.15) is 45.4 Å². The molecule has 1 saturated heterocycles. The zero-order chi connectivity index (χ0) is 19.2. The molecule has 2 N–H and O–H groups in total. The Morgan fingerprint density at radius 1 is 1.04 bits per heavy atom. The highest BCUT2D eigenvalue weighted by atomic mass is 16.2. The Morgan fingerprint density at radius 3 is 2.41 bits per heavy atom. The molecule has 1 aliphatic heterocycles. The van der Waals surface area contributed by atoms with Crippen molar-refractivity contribution in [2.45, 2.75) is 51.5 Å². The fraction of sp³-hybridized carbons (Fsp3) is 0.571. The van der Waals surface area contributed by atoms with Gasteiger partial charge in [-0.2, -0.15) is 0 Å². The summed E-state index contributed by atoms with van der Waals surface area (Å²) in [5.41, 5.74) is 0.771. The number of hydrogen-bond donors (Lipinski definition) is 2. The lowest BCUT2D eigenvalue weighted by molar-refractivity contribution is -0.140. The van der Waals surface area contributed by atoms with Gasteiger partial charge in [0.15, 0.2) is 0 Å². The molecule has 2 fully saturated rings. The number of anilines is 1. The maximum absolute atomic E-state index is 13.1. The van der Waals surface area contributed by atoms with E-state index >= 15 is 0 Å². The molecule has 3 rings (SSSR count). The molecule has 146 valence electrons. The summed E-state index contributed by atoms with van der Waals surface area (Å²) < 4.78 is 0. The molecular weight excluding hydrogens is 342 g/mol. The van der Waals surface area contributed by atoms with Crippen LogP contribution in [-0.2, 0) is 14.4 Å². The monoisotopic (exact) mass is 371 g/mol. The Bertz CT molecular complexity index is 671. The molecule has 2 atom stereocenters. The number of carbonyl (C=O) groups excluding carboxylic acids is 3. The fourth-order valence-corrected chi connectivity index (χ4v) is 4.24. The van der Waals surface area contributed by atoms with Crippen LogP contribution in [0, 0.1) is 11.8 Å². The van der Waals surface area contributed by atoms with E-state index in [1.54, 1.807) is 4.90 Å². The molecule has 0 aromatic heterocycles. The first kappa shape index (κ1) is 19.4. The second-order valence-electron chi connectivity index (χ2n) is 7.70. The Hall–Kier alpha value is -2.37. The van der Waals surface area contributed by atoms with Crippen molar-refractivity contribution in [1.82, 2.24) is 10.2 Å². The van der Waals surface area contributed by atoms with Crippen molar-refractivity contribution >= 4 is 23.4 Å². The molecule has 1 saturated carbocycles. The predicted molar refractivity (Wildman–Crippen MR) is 104 cm³/mol. The van der Waals surface area contributed by atoms with E-state index in [4.69, 9.17) is 0 Å². The van der Waals surface area contributed by atoms with Crippen LogP contribution in [0.3, 0.4) is 0 Å². The first-order chi connectivity index (χ1) is 13.0. The summed E-state index contributed by atoms with van der Waals surface area (Å²) in [5, 5.41) is 5.81. The molecule has 27 heavy (non-hydrogen) atoms. The summed E-state index contributed by atoms with van der Waals surface area (Å²) in [7, 11) is 0. The summed E-state index contributed by atoms with van der Waals surface area (Å²) in [4.78, 5) is 39.2. The smallest absolute Gasteiger partial charge is 0.245 e. The van der Waals surface area contributed by atoms with Crippen molar-refractivity contribution < 1.29 is 14.4 Å². The summed E-state index contributed by atoms with van der Waals surface area (Å²) >= 11 is 0. The minimum Gasteiger partial charge on any atom is -0.344 e. The van der Waals surface area contributed by atoms with Gasteiger partial charge in [0.1, 0.15) is 6.04 Å². The Balaban J connectivity index is 1.63. The molecule has 3 amide bonds.